The second-order valence-electron chi connectivity index (χ2n) is 3.10. The van der Waals surface area contributed by atoms with Gasteiger partial charge in [-0.3, -0.25) is 0 Å². The van der Waals surface area contributed by atoms with Gasteiger partial charge >= 0.3 is 0 Å². The molecular formula is C7H16N2O. The van der Waals surface area contributed by atoms with Crippen LogP contribution >= 0.6 is 0 Å². The zero-order valence-electron chi connectivity index (χ0n) is 6.90. The van der Waals surface area contributed by atoms with Gasteiger partial charge in [0.1, 0.15) is 6.73 Å². The summed E-state index contributed by atoms with van der Waals surface area (Å²) in [7, 11) is 0. The van der Waals surface area contributed by atoms with Gasteiger partial charge in [-0.2, -0.15) is 0 Å². The lowest BCUT2D eigenvalue weighted by atomic mass is 10.2. The molecule has 0 aliphatic heterocycles. The van der Waals surface area contributed by atoms with Crippen molar-refractivity contribution in [1.29, 1.82) is 0 Å². The van der Waals surface area contributed by atoms with Crippen LogP contribution in [-0.2, 0) is 4.74 Å². The van der Waals surface area contributed by atoms with Crippen molar-refractivity contribution in [3.05, 3.63) is 12.4 Å². The Morgan fingerprint density at radius 3 is 2.40 bits per heavy atom. The molecule has 0 heterocycles. The van der Waals surface area contributed by atoms with Crippen LogP contribution in [0.5, 0.6) is 0 Å². The minimum absolute atomic E-state index is 0.123. The molecule has 3 heteroatoms. The van der Waals surface area contributed by atoms with Gasteiger partial charge in [0.25, 0.3) is 0 Å². The Morgan fingerprint density at radius 2 is 2.10 bits per heavy atom. The average Bonchev–Trinajstić information content (AvgIpc) is 1.59. The summed E-state index contributed by atoms with van der Waals surface area (Å²) in [5.74, 6) is 0.434. The summed E-state index contributed by atoms with van der Waals surface area (Å²) in [5, 5.41) is 2.76. The van der Waals surface area contributed by atoms with E-state index in [1.165, 1.54) is 0 Å². The summed E-state index contributed by atoms with van der Waals surface area (Å²) in [6, 6.07) is 0. The minimum Gasteiger partial charge on any atom is -0.386 e. The van der Waals surface area contributed by atoms with E-state index >= 15 is 0 Å². The second-order valence-corrected chi connectivity index (χ2v) is 3.10. The van der Waals surface area contributed by atoms with Crippen molar-refractivity contribution in [2.24, 2.45) is 5.73 Å². The first-order valence-electron chi connectivity index (χ1n) is 3.24. The van der Waals surface area contributed by atoms with E-state index in [4.69, 9.17) is 10.5 Å². The van der Waals surface area contributed by atoms with Crippen LogP contribution in [0.1, 0.15) is 20.8 Å². The Bertz CT molecular complexity index is 115. The Balaban J connectivity index is 3.29. The summed E-state index contributed by atoms with van der Waals surface area (Å²) >= 11 is 0. The topological polar surface area (TPSA) is 47.3 Å². The standard InChI is InChI=1S/C7H16N2O/c1-6(8)9-5-10-7(2,3)4/h9H,1,5,8H2,2-4H3. The highest BCUT2D eigenvalue weighted by molar-refractivity contribution is 4.80. The minimum atomic E-state index is -0.123. The molecule has 0 radical (unpaired) electrons. The number of rotatable bonds is 3. The van der Waals surface area contributed by atoms with Crippen LogP contribution in [0, 0.1) is 0 Å². The fraction of sp³-hybridized carbons (Fsp3) is 0.714. The molecule has 60 valence electrons. The van der Waals surface area contributed by atoms with Gasteiger partial charge in [-0.1, -0.05) is 6.58 Å². The molecule has 0 amide bonds. The highest BCUT2D eigenvalue weighted by Crippen LogP contribution is 2.04. The molecule has 0 rings (SSSR count). The summed E-state index contributed by atoms with van der Waals surface area (Å²) < 4.78 is 5.29. The fourth-order valence-corrected chi connectivity index (χ4v) is 0.345. The van der Waals surface area contributed by atoms with Crippen LogP contribution in [0.25, 0.3) is 0 Å². The van der Waals surface area contributed by atoms with Gasteiger partial charge in [-0.25, -0.2) is 0 Å². The Hall–Kier alpha value is -0.700. The number of ether oxygens (including phenoxy) is 1. The molecule has 0 saturated heterocycles. The van der Waals surface area contributed by atoms with Crippen molar-refractivity contribution in [3.8, 4) is 0 Å². The van der Waals surface area contributed by atoms with E-state index in [0.717, 1.165) is 0 Å². The lowest BCUT2D eigenvalue weighted by Crippen LogP contribution is -2.29. The summed E-state index contributed by atoms with van der Waals surface area (Å²) in [6.45, 7) is 9.82. The number of hydrogen-bond acceptors (Lipinski definition) is 3. The first-order valence-corrected chi connectivity index (χ1v) is 3.24. The van der Waals surface area contributed by atoms with Crippen molar-refractivity contribution < 1.29 is 4.74 Å². The normalized spacial score (nSPS) is 11.1. The largest absolute Gasteiger partial charge is 0.386 e. The highest BCUT2D eigenvalue weighted by atomic mass is 16.5. The quantitative estimate of drug-likeness (QED) is 0.575. The zero-order chi connectivity index (χ0) is 8.20. The monoisotopic (exact) mass is 144 g/mol. The molecule has 0 aromatic heterocycles. The van der Waals surface area contributed by atoms with Crippen molar-refractivity contribution >= 4 is 0 Å². The van der Waals surface area contributed by atoms with Crippen LogP contribution in [0.2, 0.25) is 0 Å². The van der Waals surface area contributed by atoms with Gasteiger partial charge in [0.15, 0.2) is 0 Å². The molecule has 0 spiro atoms. The van der Waals surface area contributed by atoms with Crippen LogP contribution in [-0.4, -0.2) is 12.3 Å². The first-order chi connectivity index (χ1) is 4.42. The number of hydrogen-bond donors (Lipinski definition) is 2. The summed E-state index contributed by atoms with van der Waals surface area (Å²) in [5.41, 5.74) is 5.11. The number of nitrogens with one attached hydrogen (secondary N) is 1. The molecule has 0 bridgehead atoms. The van der Waals surface area contributed by atoms with Crippen LogP contribution < -0.4 is 11.1 Å². The van der Waals surface area contributed by atoms with E-state index in [0.29, 0.717) is 12.6 Å². The average molecular weight is 144 g/mol. The Labute approximate surface area is 62.2 Å². The van der Waals surface area contributed by atoms with Gasteiger partial charge in [-0.05, 0) is 20.8 Å². The van der Waals surface area contributed by atoms with Gasteiger partial charge in [-0.15, -0.1) is 0 Å². The molecule has 0 saturated carbocycles. The van der Waals surface area contributed by atoms with Gasteiger partial charge < -0.3 is 15.8 Å². The molecule has 10 heavy (non-hydrogen) atoms. The van der Waals surface area contributed by atoms with E-state index < -0.39 is 0 Å². The molecule has 0 aliphatic carbocycles. The SMILES string of the molecule is C=C(N)NCOC(C)(C)C. The highest BCUT2D eigenvalue weighted by Gasteiger charge is 2.08. The van der Waals surface area contributed by atoms with Gasteiger partial charge in [0.2, 0.25) is 0 Å². The maximum absolute atomic E-state index is 5.29. The maximum Gasteiger partial charge on any atom is 0.118 e. The lowest BCUT2D eigenvalue weighted by Gasteiger charge is -2.19. The summed E-state index contributed by atoms with van der Waals surface area (Å²) in [4.78, 5) is 0. The van der Waals surface area contributed by atoms with Crippen LogP contribution in [0.3, 0.4) is 0 Å². The van der Waals surface area contributed by atoms with E-state index in [-0.39, 0.29) is 5.60 Å². The van der Waals surface area contributed by atoms with E-state index in [1.807, 2.05) is 20.8 Å². The molecule has 0 atom stereocenters. The van der Waals surface area contributed by atoms with E-state index in [2.05, 4.69) is 11.9 Å². The van der Waals surface area contributed by atoms with Gasteiger partial charge in [0, 0.05) is 0 Å². The molecule has 0 aliphatic rings. The second kappa shape index (κ2) is 3.46. The van der Waals surface area contributed by atoms with Crippen molar-refractivity contribution in [2.45, 2.75) is 26.4 Å². The zero-order valence-corrected chi connectivity index (χ0v) is 6.90. The van der Waals surface area contributed by atoms with Gasteiger partial charge in [0.05, 0.1) is 11.4 Å². The molecule has 3 N–H and O–H groups in total. The van der Waals surface area contributed by atoms with Crippen LogP contribution in [0.4, 0.5) is 0 Å². The predicted octanol–water partition coefficient (Wildman–Crippen LogP) is 0.778. The molecule has 0 aromatic carbocycles. The smallest absolute Gasteiger partial charge is 0.118 e. The van der Waals surface area contributed by atoms with Crippen molar-refractivity contribution in [3.63, 3.8) is 0 Å². The lowest BCUT2D eigenvalue weighted by molar-refractivity contribution is -0.00965. The maximum atomic E-state index is 5.29. The van der Waals surface area contributed by atoms with Crippen molar-refractivity contribution in [2.75, 3.05) is 6.73 Å². The predicted molar refractivity (Wildman–Crippen MR) is 42.2 cm³/mol. The molecule has 0 aromatic rings. The third-order valence-electron chi connectivity index (χ3n) is 0.804. The Morgan fingerprint density at radius 1 is 1.60 bits per heavy atom. The number of nitrogens with two attached hydrogens (primary N) is 1. The van der Waals surface area contributed by atoms with E-state index in [9.17, 15) is 0 Å². The van der Waals surface area contributed by atoms with Crippen LogP contribution in [0.15, 0.2) is 12.4 Å². The molecular weight excluding hydrogens is 128 g/mol. The molecule has 3 nitrogen and oxygen atoms in total. The third kappa shape index (κ3) is 7.30. The molecule has 0 unspecified atom stereocenters. The third-order valence-corrected chi connectivity index (χ3v) is 0.804. The Kier molecular flexibility index (Phi) is 3.22. The fourth-order valence-electron chi connectivity index (χ4n) is 0.345. The van der Waals surface area contributed by atoms with Crippen molar-refractivity contribution in [1.82, 2.24) is 5.32 Å². The first kappa shape index (κ1) is 9.30. The summed E-state index contributed by atoms with van der Waals surface area (Å²) in [6.07, 6.45) is 0. The van der Waals surface area contributed by atoms with E-state index in [1.54, 1.807) is 0 Å². The molecule has 0 fully saturated rings.